The van der Waals surface area contributed by atoms with Crippen molar-refractivity contribution in [3.8, 4) is 0 Å². The molecule has 0 atom stereocenters. The highest BCUT2D eigenvalue weighted by Gasteiger charge is 2.20. The van der Waals surface area contributed by atoms with E-state index in [9.17, 15) is 4.79 Å². The highest BCUT2D eigenvalue weighted by Crippen LogP contribution is 2.28. The third kappa shape index (κ3) is 8.74. The molecule has 30 heavy (non-hydrogen) atoms. The Morgan fingerprint density at radius 1 is 1.20 bits per heavy atom. The maximum Gasteiger partial charge on any atom is 0.291 e. The Balaban J connectivity index is 0.00000320. The number of nitrogens with one attached hydrogen (secondary N) is 3. The van der Waals surface area contributed by atoms with E-state index in [1.165, 1.54) is 19.1 Å². The minimum absolute atomic E-state index is 0. The van der Waals surface area contributed by atoms with Crippen LogP contribution in [0, 0.1) is 5.92 Å². The fourth-order valence-corrected chi connectivity index (χ4v) is 2.72. The quantitative estimate of drug-likeness (QED) is 0.178. The van der Waals surface area contributed by atoms with Crippen molar-refractivity contribution in [3.63, 3.8) is 0 Å². The standard InChI is InChI=1S/C22H30N4O3.HI/c1-2-23-22(24-12-4-13-28-16-18-6-7-18)25-15-17-8-10-19(11-9-17)26-21(27)20-5-3-14-29-20;/h3,5,8-11,14,18H,2,4,6-7,12-13,15-16H2,1H3,(H,26,27)(H2,23,24,25);1H. The van der Waals surface area contributed by atoms with Crippen LogP contribution < -0.4 is 16.0 Å². The number of benzene rings is 1. The third-order valence-electron chi connectivity index (χ3n) is 4.53. The van der Waals surface area contributed by atoms with Crippen molar-refractivity contribution in [2.45, 2.75) is 32.7 Å². The van der Waals surface area contributed by atoms with Gasteiger partial charge in [-0.3, -0.25) is 4.79 Å². The lowest BCUT2D eigenvalue weighted by atomic mass is 10.2. The first-order chi connectivity index (χ1) is 14.2. The highest BCUT2D eigenvalue weighted by molar-refractivity contribution is 14.0. The van der Waals surface area contributed by atoms with Crippen LogP contribution in [0.4, 0.5) is 5.69 Å². The molecule has 7 nitrogen and oxygen atoms in total. The zero-order chi connectivity index (χ0) is 20.3. The number of carbonyl (C=O) groups excluding carboxylic acids is 1. The lowest BCUT2D eigenvalue weighted by molar-refractivity contribution is 0.0996. The highest BCUT2D eigenvalue weighted by atomic mass is 127. The van der Waals surface area contributed by atoms with Crippen LogP contribution in [0.2, 0.25) is 0 Å². The number of guanidine groups is 1. The molecule has 0 radical (unpaired) electrons. The average Bonchev–Trinajstić information content (AvgIpc) is 3.39. The molecule has 1 aromatic heterocycles. The van der Waals surface area contributed by atoms with Gasteiger partial charge in [0, 0.05) is 32.0 Å². The molecule has 1 aromatic carbocycles. The zero-order valence-electron chi connectivity index (χ0n) is 17.4. The number of anilines is 1. The second-order valence-corrected chi connectivity index (χ2v) is 7.12. The number of rotatable bonds is 11. The molecule has 1 fully saturated rings. The Bertz CT molecular complexity index is 774. The lowest BCUT2D eigenvalue weighted by Gasteiger charge is -2.11. The number of amides is 1. The monoisotopic (exact) mass is 526 g/mol. The molecule has 1 heterocycles. The first-order valence-corrected chi connectivity index (χ1v) is 10.3. The van der Waals surface area contributed by atoms with Crippen molar-refractivity contribution in [3.05, 3.63) is 54.0 Å². The molecular formula is C22H31IN4O3. The van der Waals surface area contributed by atoms with Gasteiger partial charge in [0.05, 0.1) is 12.8 Å². The summed E-state index contributed by atoms with van der Waals surface area (Å²) in [5.41, 5.74) is 1.78. The van der Waals surface area contributed by atoms with Gasteiger partial charge in [0.2, 0.25) is 0 Å². The van der Waals surface area contributed by atoms with E-state index in [1.807, 2.05) is 31.2 Å². The molecule has 1 aliphatic carbocycles. The van der Waals surface area contributed by atoms with Crippen LogP contribution in [-0.2, 0) is 11.3 Å². The summed E-state index contributed by atoms with van der Waals surface area (Å²) in [5.74, 6) is 1.63. The minimum atomic E-state index is -0.263. The summed E-state index contributed by atoms with van der Waals surface area (Å²) in [4.78, 5) is 16.6. The van der Waals surface area contributed by atoms with Gasteiger partial charge in [-0.05, 0) is 61.9 Å². The van der Waals surface area contributed by atoms with E-state index in [-0.39, 0.29) is 35.6 Å². The van der Waals surface area contributed by atoms with Gasteiger partial charge in [0.1, 0.15) is 0 Å². The van der Waals surface area contributed by atoms with Crippen LogP contribution in [-0.4, -0.2) is 38.2 Å². The number of furan rings is 1. The zero-order valence-corrected chi connectivity index (χ0v) is 19.7. The van der Waals surface area contributed by atoms with Crippen LogP contribution in [0.1, 0.15) is 42.3 Å². The summed E-state index contributed by atoms with van der Waals surface area (Å²) in [7, 11) is 0. The molecule has 1 aliphatic rings. The Kier molecular flexibility index (Phi) is 10.7. The first-order valence-electron chi connectivity index (χ1n) is 10.3. The van der Waals surface area contributed by atoms with E-state index in [2.05, 4.69) is 20.9 Å². The molecular weight excluding hydrogens is 495 g/mol. The van der Waals surface area contributed by atoms with Gasteiger partial charge < -0.3 is 25.1 Å². The van der Waals surface area contributed by atoms with Gasteiger partial charge in [-0.1, -0.05) is 12.1 Å². The number of hydrogen-bond acceptors (Lipinski definition) is 4. The van der Waals surface area contributed by atoms with Crippen molar-refractivity contribution in [2.24, 2.45) is 10.9 Å². The number of hydrogen-bond donors (Lipinski definition) is 3. The largest absolute Gasteiger partial charge is 0.459 e. The number of halogens is 1. The van der Waals surface area contributed by atoms with Crippen LogP contribution in [0.15, 0.2) is 52.1 Å². The van der Waals surface area contributed by atoms with Gasteiger partial charge in [-0.2, -0.15) is 0 Å². The molecule has 1 amide bonds. The fourth-order valence-electron chi connectivity index (χ4n) is 2.72. The fraction of sp³-hybridized carbons (Fsp3) is 0.455. The second-order valence-electron chi connectivity index (χ2n) is 7.12. The Labute approximate surface area is 195 Å². The van der Waals surface area contributed by atoms with Gasteiger partial charge in [-0.15, -0.1) is 24.0 Å². The molecule has 164 valence electrons. The summed E-state index contributed by atoms with van der Waals surface area (Å²) in [6, 6.07) is 11.0. The molecule has 0 unspecified atom stereocenters. The average molecular weight is 526 g/mol. The lowest BCUT2D eigenvalue weighted by Crippen LogP contribution is -2.38. The second kappa shape index (κ2) is 13.3. The van der Waals surface area contributed by atoms with E-state index in [1.54, 1.807) is 12.1 Å². The Morgan fingerprint density at radius 2 is 2.00 bits per heavy atom. The number of aliphatic imine (C=N–C) groups is 1. The van der Waals surface area contributed by atoms with Crippen molar-refractivity contribution < 1.29 is 13.9 Å². The van der Waals surface area contributed by atoms with Crippen LogP contribution >= 0.6 is 24.0 Å². The topological polar surface area (TPSA) is 87.9 Å². The maximum absolute atomic E-state index is 12.0. The van der Waals surface area contributed by atoms with Gasteiger partial charge in [-0.25, -0.2) is 4.99 Å². The summed E-state index contributed by atoms with van der Waals surface area (Å²) >= 11 is 0. The number of ether oxygens (including phenoxy) is 1. The molecule has 3 N–H and O–H groups in total. The van der Waals surface area contributed by atoms with E-state index in [4.69, 9.17) is 9.15 Å². The smallest absolute Gasteiger partial charge is 0.291 e. The number of nitrogens with zero attached hydrogens (tertiary/aromatic N) is 1. The summed E-state index contributed by atoms with van der Waals surface area (Å²) in [6.45, 7) is 5.93. The van der Waals surface area contributed by atoms with Crippen molar-refractivity contribution in [1.29, 1.82) is 0 Å². The molecule has 8 heteroatoms. The van der Waals surface area contributed by atoms with Crippen LogP contribution in [0.5, 0.6) is 0 Å². The molecule has 0 spiro atoms. The van der Waals surface area contributed by atoms with Crippen molar-refractivity contribution in [1.82, 2.24) is 10.6 Å². The normalized spacial score (nSPS) is 13.4. The van der Waals surface area contributed by atoms with E-state index in [0.717, 1.165) is 55.9 Å². The molecule has 1 saturated carbocycles. The minimum Gasteiger partial charge on any atom is -0.459 e. The van der Waals surface area contributed by atoms with Crippen molar-refractivity contribution >= 4 is 41.5 Å². The molecule has 2 aromatic rings. The Hall–Kier alpha value is -2.07. The predicted octanol–water partition coefficient (Wildman–Crippen LogP) is 4.02. The third-order valence-corrected chi connectivity index (χ3v) is 4.53. The Morgan fingerprint density at radius 3 is 2.67 bits per heavy atom. The predicted molar refractivity (Wildman–Crippen MR) is 129 cm³/mol. The maximum atomic E-state index is 12.0. The van der Waals surface area contributed by atoms with Crippen LogP contribution in [0.25, 0.3) is 0 Å². The van der Waals surface area contributed by atoms with Gasteiger partial charge in [0.15, 0.2) is 11.7 Å². The van der Waals surface area contributed by atoms with Gasteiger partial charge in [0.25, 0.3) is 5.91 Å². The van der Waals surface area contributed by atoms with E-state index in [0.29, 0.717) is 6.54 Å². The summed E-state index contributed by atoms with van der Waals surface area (Å²) < 4.78 is 10.7. The summed E-state index contributed by atoms with van der Waals surface area (Å²) in [5, 5.41) is 9.40. The summed E-state index contributed by atoms with van der Waals surface area (Å²) in [6.07, 6.45) is 5.09. The molecule has 0 saturated heterocycles. The number of carbonyl (C=O) groups is 1. The first kappa shape index (κ1) is 24.2. The molecule has 0 bridgehead atoms. The van der Waals surface area contributed by atoms with Crippen LogP contribution in [0.3, 0.4) is 0 Å². The van der Waals surface area contributed by atoms with Gasteiger partial charge >= 0.3 is 0 Å². The molecule has 0 aliphatic heterocycles. The van der Waals surface area contributed by atoms with E-state index < -0.39 is 0 Å². The molecule has 3 rings (SSSR count). The van der Waals surface area contributed by atoms with E-state index >= 15 is 0 Å². The van der Waals surface area contributed by atoms with Crippen molar-refractivity contribution in [2.75, 3.05) is 31.6 Å². The SMILES string of the molecule is CCNC(=NCc1ccc(NC(=O)c2ccco2)cc1)NCCCOCC1CC1.I.